The van der Waals surface area contributed by atoms with Crippen LogP contribution in [0.2, 0.25) is 5.02 Å². The molecule has 0 atom stereocenters. The molecule has 0 aliphatic heterocycles. The highest BCUT2D eigenvalue weighted by Crippen LogP contribution is 2.19. The van der Waals surface area contributed by atoms with Gasteiger partial charge in [0, 0.05) is 5.02 Å². The highest BCUT2D eigenvalue weighted by atomic mass is 35.5. The van der Waals surface area contributed by atoms with Gasteiger partial charge in [0.15, 0.2) is 6.61 Å². The van der Waals surface area contributed by atoms with Crippen molar-refractivity contribution >= 4 is 29.7 Å². The molecule has 4 aromatic rings. The molecule has 0 saturated carbocycles. The molecule has 0 aliphatic carbocycles. The van der Waals surface area contributed by atoms with Crippen LogP contribution in [0.5, 0.6) is 17.2 Å². The number of carbonyl (C=O) groups excluding carboxylic acids is 2. The molecule has 0 heterocycles. The molecule has 0 aliphatic rings. The molecule has 1 amide bonds. The smallest absolute Gasteiger partial charge is 0.343 e. The monoisotopic (exact) mass is 514 g/mol. The Morgan fingerprint density at radius 1 is 0.784 bits per heavy atom. The molecule has 0 aromatic heterocycles. The van der Waals surface area contributed by atoms with E-state index in [0.717, 1.165) is 5.56 Å². The molecule has 8 heteroatoms. The number of esters is 1. The van der Waals surface area contributed by atoms with Crippen molar-refractivity contribution in [2.45, 2.75) is 6.61 Å². The number of nitrogens with zero attached hydrogens (tertiary/aromatic N) is 1. The summed E-state index contributed by atoms with van der Waals surface area (Å²) in [5, 5.41) is 4.38. The maximum atomic E-state index is 12.2. The minimum atomic E-state index is -0.509. The molecule has 0 radical (unpaired) electrons. The van der Waals surface area contributed by atoms with Crippen LogP contribution in [0.1, 0.15) is 21.5 Å². The molecule has 4 aromatic carbocycles. The average Bonchev–Trinajstić information content (AvgIpc) is 2.93. The van der Waals surface area contributed by atoms with Crippen molar-refractivity contribution in [3.8, 4) is 17.2 Å². The van der Waals surface area contributed by atoms with Gasteiger partial charge < -0.3 is 14.2 Å². The highest BCUT2D eigenvalue weighted by molar-refractivity contribution is 6.30. The molecule has 4 rings (SSSR count). The Bertz CT molecular complexity index is 1360. The van der Waals surface area contributed by atoms with E-state index >= 15 is 0 Å². The highest BCUT2D eigenvalue weighted by Gasteiger charge is 2.09. The second kappa shape index (κ2) is 12.9. The van der Waals surface area contributed by atoms with E-state index in [1.807, 2.05) is 30.3 Å². The maximum Gasteiger partial charge on any atom is 0.343 e. The number of nitrogens with one attached hydrogen (secondary N) is 1. The van der Waals surface area contributed by atoms with Gasteiger partial charge in [0.05, 0.1) is 11.8 Å². The number of rotatable bonds is 10. The second-order valence-electron chi connectivity index (χ2n) is 7.80. The van der Waals surface area contributed by atoms with Gasteiger partial charge >= 0.3 is 5.97 Å². The molecular weight excluding hydrogens is 492 g/mol. The van der Waals surface area contributed by atoms with Gasteiger partial charge in [0.25, 0.3) is 5.91 Å². The van der Waals surface area contributed by atoms with Crippen LogP contribution in [0.15, 0.2) is 108 Å². The Labute approximate surface area is 219 Å². The molecule has 7 nitrogen and oxygen atoms in total. The first-order valence-corrected chi connectivity index (χ1v) is 11.7. The van der Waals surface area contributed by atoms with Crippen molar-refractivity contribution in [2.75, 3.05) is 6.61 Å². The Balaban J connectivity index is 1.18. The van der Waals surface area contributed by atoms with Crippen molar-refractivity contribution < 1.29 is 23.8 Å². The van der Waals surface area contributed by atoms with Gasteiger partial charge in [-0.1, -0.05) is 48.0 Å². The quantitative estimate of drug-likeness (QED) is 0.128. The summed E-state index contributed by atoms with van der Waals surface area (Å²) >= 11 is 5.90. The lowest BCUT2D eigenvalue weighted by molar-refractivity contribution is -0.123. The van der Waals surface area contributed by atoms with Crippen LogP contribution in [0, 0.1) is 0 Å². The van der Waals surface area contributed by atoms with Crippen molar-refractivity contribution in [1.82, 2.24) is 5.43 Å². The summed E-state index contributed by atoms with van der Waals surface area (Å²) in [6, 6.07) is 30.1. The Morgan fingerprint density at radius 2 is 1.46 bits per heavy atom. The zero-order valence-electron chi connectivity index (χ0n) is 19.7. The van der Waals surface area contributed by atoms with E-state index in [0.29, 0.717) is 40.0 Å². The molecule has 0 spiro atoms. The van der Waals surface area contributed by atoms with Crippen molar-refractivity contribution in [3.63, 3.8) is 0 Å². The van der Waals surface area contributed by atoms with Crippen LogP contribution in [0.25, 0.3) is 0 Å². The molecule has 0 unspecified atom stereocenters. The summed E-state index contributed by atoms with van der Waals surface area (Å²) in [7, 11) is 0. The van der Waals surface area contributed by atoms with Gasteiger partial charge in [-0.3, -0.25) is 4.79 Å². The van der Waals surface area contributed by atoms with Gasteiger partial charge in [0.2, 0.25) is 0 Å². The van der Waals surface area contributed by atoms with E-state index in [1.165, 1.54) is 12.3 Å². The van der Waals surface area contributed by atoms with E-state index in [2.05, 4.69) is 10.5 Å². The van der Waals surface area contributed by atoms with Gasteiger partial charge in [-0.15, -0.1) is 0 Å². The van der Waals surface area contributed by atoms with Crippen molar-refractivity contribution in [2.24, 2.45) is 5.10 Å². The fourth-order valence-corrected chi connectivity index (χ4v) is 3.33. The topological polar surface area (TPSA) is 86.2 Å². The van der Waals surface area contributed by atoms with E-state index < -0.39 is 11.9 Å². The minimum Gasteiger partial charge on any atom is -0.489 e. The normalized spacial score (nSPS) is 10.6. The second-order valence-corrected chi connectivity index (χ2v) is 8.23. The number of hydrogen-bond acceptors (Lipinski definition) is 6. The zero-order valence-corrected chi connectivity index (χ0v) is 20.4. The van der Waals surface area contributed by atoms with Crippen LogP contribution in [0.3, 0.4) is 0 Å². The predicted octanol–water partition coefficient (Wildman–Crippen LogP) is 5.67. The fraction of sp³-hybridized carbons (Fsp3) is 0.0690. The number of hydrazone groups is 1. The average molecular weight is 515 g/mol. The first kappa shape index (κ1) is 25.5. The maximum absolute atomic E-state index is 12.2. The molecule has 0 fully saturated rings. The molecule has 1 N–H and O–H groups in total. The summed E-state index contributed by atoms with van der Waals surface area (Å²) < 4.78 is 16.6. The van der Waals surface area contributed by atoms with E-state index in [-0.39, 0.29) is 6.61 Å². The van der Waals surface area contributed by atoms with Gasteiger partial charge in [0.1, 0.15) is 23.9 Å². The van der Waals surface area contributed by atoms with Crippen molar-refractivity contribution in [1.29, 1.82) is 0 Å². The molecule has 37 heavy (non-hydrogen) atoms. The minimum absolute atomic E-state index is 0.194. The van der Waals surface area contributed by atoms with Gasteiger partial charge in [-0.2, -0.15) is 5.10 Å². The fourth-order valence-electron chi connectivity index (χ4n) is 3.14. The number of ether oxygens (including phenoxy) is 3. The molecule has 186 valence electrons. The van der Waals surface area contributed by atoms with Crippen LogP contribution in [0.4, 0.5) is 0 Å². The zero-order chi connectivity index (χ0) is 25.9. The number of benzene rings is 4. The van der Waals surface area contributed by atoms with E-state index in [1.54, 1.807) is 66.7 Å². The van der Waals surface area contributed by atoms with Crippen LogP contribution >= 0.6 is 11.6 Å². The first-order valence-electron chi connectivity index (χ1n) is 11.3. The summed E-state index contributed by atoms with van der Waals surface area (Å²) in [6.45, 7) is 0.276. The number of halogens is 1. The number of amides is 1. The first-order chi connectivity index (χ1) is 18.0. The lowest BCUT2D eigenvalue weighted by Crippen LogP contribution is -2.24. The summed E-state index contributed by atoms with van der Waals surface area (Å²) in [4.78, 5) is 24.2. The van der Waals surface area contributed by atoms with Gasteiger partial charge in [-0.25, -0.2) is 10.2 Å². The molecule has 0 saturated heterocycles. The standard InChI is InChI=1S/C29H23ClN2O5/c30-24-8-4-7-23(17-24)29(34)37-27-11-9-21(10-12-27)18-31-32-28(33)20-36-26-15-13-25(14-16-26)35-19-22-5-2-1-3-6-22/h1-18H,19-20H2,(H,32,33)/b31-18-. The largest absolute Gasteiger partial charge is 0.489 e. The van der Waals surface area contributed by atoms with Crippen molar-refractivity contribution in [3.05, 3.63) is 125 Å². The third kappa shape index (κ3) is 8.23. The predicted molar refractivity (Wildman–Crippen MR) is 141 cm³/mol. The van der Waals surface area contributed by atoms with Crippen LogP contribution in [-0.2, 0) is 11.4 Å². The molecule has 0 bridgehead atoms. The lowest BCUT2D eigenvalue weighted by Gasteiger charge is -2.08. The van der Waals surface area contributed by atoms with E-state index in [9.17, 15) is 9.59 Å². The number of hydrogen-bond donors (Lipinski definition) is 1. The van der Waals surface area contributed by atoms with Crippen LogP contribution < -0.4 is 19.6 Å². The molecular formula is C29H23ClN2O5. The third-order valence-electron chi connectivity index (χ3n) is 5.00. The Morgan fingerprint density at radius 3 is 2.16 bits per heavy atom. The number of carbonyl (C=O) groups is 2. The summed E-state index contributed by atoms with van der Waals surface area (Å²) in [6.07, 6.45) is 1.47. The van der Waals surface area contributed by atoms with Gasteiger partial charge in [-0.05, 0) is 77.9 Å². The van der Waals surface area contributed by atoms with E-state index in [4.69, 9.17) is 25.8 Å². The third-order valence-corrected chi connectivity index (χ3v) is 5.23. The lowest BCUT2D eigenvalue weighted by atomic mass is 10.2. The Hall–Kier alpha value is -4.62. The Kier molecular flexibility index (Phi) is 8.88. The summed E-state index contributed by atoms with van der Waals surface area (Å²) in [5.41, 5.74) is 4.55. The van der Waals surface area contributed by atoms with Crippen LogP contribution in [-0.4, -0.2) is 24.7 Å². The SMILES string of the molecule is O=C(COc1ccc(OCc2ccccc2)cc1)N/N=C\c1ccc(OC(=O)c2cccc(Cl)c2)cc1. The summed E-state index contributed by atoms with van der Waals surface area (Å²) in [5.74, 6) is 0.693.